The van der Waals surface area contributed by atoms with Crippen LogP contribution in [0.15, 0.2) is 66.7 Å². The van der Waals surface area contributed by atoms with Gasteiger partial charge < -0.3 is 4.74 Å². The van der Waals surface area contributed by atoms with Gasteiger partial charge >= 0.3 is 6.18 Å². The quantitative estimate of drug-likeness (QED) is 0.638. The van der Waals surface area contributed by atoms with Crippen molar-refractivity contribution >= 4 is 0 Å². The second-order valence-electron chi connectivity index (χ2n) is 5.23. The van der Waals surface area contributed by atoms with E-state index < -0.39 is 11.7 Å². The lowest BCUT2D eigenvalue weighted by molar-refractivity contribution is -0.137. The van der Waals surface area contributed by atoms with Gasteiger partial charge in [0, 0.05) is 11.6 Å². The van der Waals surface area contributed by atoms with E-state index in [0.717, 1.165) is 23.3 Å². The normalized spacial score (nSPS) is 11.3. The number of pyridine rings is 1. The number of halogens is 3. The van der Waals surface area contributed by atoms with Crippen LogP contribution in [-0.2, 0) is 6.18 Å². The fourth-order valence-electron chi connectivity index (χ4n) is 2.41. The number of hydrogen-bond acceptors (Lipinski definition) is 2. The van der Waals surface area contributed by atoms with E-state index in [4.69, 9.17) is 4.74 Å². The molecule has 0 atom stereocenters. The predicted molar refractivity (Wildman–Crippen MR) is 86.7 cm³/mol. The van der Waals surface area contributed by atoms with Crippen molar-refractivity contribution in [2.24, 2.45) is 0 Å². The minimum Gasteiger partial charge on any atom is -0.481 e. The highest BCUT2D eigenvalue weighted by Crippen LogP contribution is 2.33. The van der Waals surface area contributed by atoms with Crippen molar-refractivity contribution in [3.05, 3.63) is 72.3 Å². The Morgan fingerprint density at radius 3 is 2.17 bits per heavy atom. The highest BCUT2D eigenvalue weighted by molar-refractivity contribution is 5.72. The molecule has 0 unspecified atom stereocenters. The third kappa shape index (κ3) is 3.40. The molecule has 2 aromatic carbocycles. The molecule has 0 aliphatic rings. The summed E-state index contributed by atoms with van der Waals surface area (Å²) in [6.45, 7) is 0. The topological polar surface area (TPSA) is 22.1 Å². The Labute approximate surface area is 137 Å². The lowest BCUT2D eigenvalue weighted by atomic mass is 10.0. The van der Waals surface area contributed by atoms with Crippen LogP contribution in [0.4, 0.5) is 13.2 Å². The largest absolute Gasteiger partial charge is 0.481 e. The minimum atomic E-state index is -4.39. The summed E-state index contributed by atoms with van der Waals surface area (Å²) in [4.78, 5) is 4.28. The first-order chi connectivity index (χ1) is 11.5. The second kappa shape index (κ2) is 6.35. The van der Waals surface area contributed by atoms with Gasteiger partial charge in [0.1, 0.15) is 0 Å². The fraction of sp³-hybridized carbons (Fsp3) is 0.105. The van der Waals surface area contributed by atoms with Crippen LogP contribution in [0.5, 0.6) is 5.88 Å². The van der Waals surface area contributed by atoms with Crippen molar-refractivity contribution in [3.8, 4) is 28.3 Å². The molecule has 0 saturated heterocycles. The third-order valence-corrected chi connectivity index (χ3v) is 3.60. The monoisotopic (exact) mass is 329 g/mol. The van der Waals surface area contributed by atoms with Crippen LogP contribution < -0.4 is 4.74 Å². The smallest absolute Gasteiger partial charge is 0.416 e. The maximum Gasteiger partial charge on any atom is 0.416 e. The highest BCUT2D eigenvalue weighted by Gasteiger charge is 2.30. The third-order valence-electron chi connectivity index (χ3n) is 3.60. The van der Waals surface area contributed by atoms with E-state index in [1.807, 2.05) is 30.3 Å². The SMILES string of the molecule is COc1cc(-c2ccccc2)cc(-c2cccc(C(F)(F)F)c2)n1. The number of methoxy groups -OCH3 is 1. The Bertz CT molecular complexity index is 845. The zero-order valence-electron chi connectivity index (χ0n) is 12.8. The summed E-state index contributed by atoms with van der Waals surface area (Å²) in [5.41, 5.74) is 1.88. The molecule has 24 heavy (non-hydrogen) atoms. The van der Waals surface area contributed by atoms with Crippen molar-refractivity contribution in [1.29, 1.82) is 0 Å². The number of aromatic nitrogens is 1. The molecule has 2 nitrogen and oxygen atoms in total. The van der Waals surface area contributed by atoms with Gasteiger partial charge in [-0.2, -0.15) is 13.2 Å². The molecule has 1 aromatic heterocycles. The van der Waals surface area contributed by atoms with Crippen molar-refractivity contribution in [2.45, 2.75) is 6.18 Å². The van der Waals surface area contributed by atoms with Gasteiger partial charge in [0.2, 0.25) is 5.88 Å². The lowest BCUT2D eigenvalue weighted by Gasteiger charge is -2.11. The average molecular weight is 329 g/mol. The molecule has 0 spiro atoms. The molecule has 0 bridgehead atoms. The van der Waals surface area contributed by atoms with E-state index in [0.29, 0.717) is 17.1 Å². The van der Waals surface area contributed by atoms with Crippen LogP contribution in [0.25, 0.3) is 22.4 Å². The minimum absolute atomic E-state index is 0.351. The average Bonchev–Trinajstić information content (AvgIpc) is 2.61. The van der Waals surface area contributed by atoms with Crippen molar-refractivity contribution in [2.75, 3.05) is 7.11 Å². The summed E-state index contributed by atoms with van der Waals surface area (Å²) >= 11 is 0. The van der Waals surface area contributed by atoms with Gasteiger partial charge in [0.15, 0.2) is 0 Å². The van der Waals surface area contributed by atoms with Crippen LogP contribution in [0.3, 0.4) is 0 Å². The van der Waals surface area contributed by atoms with Crippen molar-refractivity contribution in [1.82, 2.24) is 4.98 Å². The summed E-state index contributed by atoms with van der Waals surface area (Å²) in [5, 5.41) is 0. The zero-order valence-corrected chi connectivity index (χ0v) is 12.8. The molecule has 122 valence electrons. The van der Waals surface area contributed by atoms with Crippen LogP contribution in [0.2, 0.25) is 0 Å². The van der Waals surface area contributed by atoms with E-state index >= 15 is 0 Å². The van der Waals surface area contributed by atoms with Crippen molar-refractivity contribution < 1.29 is 17.9 Å². The van der Waals surface area contributed by atoms with Crippen LogP contribution in [0, 0.1) is 0 Å². The number of alkyl halides is 3. The molecule has 3 aromatic rings. The maximum absolute atomic E-state index is 12.9. The molecule has 5 heteroatoms. The van der Waals surface area contributed by atoms with Crippen LogP contribution in [0.1, 0.15) is 5.56 Å². The summed E-state index contributed by atoms with van der Waals surface area (Å²) in [6, 6.07) is 18.2. The van der Waals surface area contributed by atoms with E-state index in [-0.39, 0.29) is 0 Å². The Morgan fingerprint density at radius 2 is 1.50 bits per heavy atom. The number of ether oxygens (including phenoxy) is 1. The van der Waals surface area contributed by atoms with Crippen molar-refractivity contribution in [3.63, 3.8) is 0 Å². The first-order valence-corrected chi connectivity index (χ1v) is 7.26. The molecule has 0 aliphatic heterocycles. The Balaban J connectivity index is 2.12. The molecule has 1 heterocycles. The highest BCUT2D eigenvalue weighted by atomic mass is 19.4. The van der Waals surface area contributed by atoms with Gasteiger partial charge in [-0.15, -0.1) is 0 Å². The lowest BCUT2D eigenvalue weighted by Crippen LogP contribution is -2.04. The zero-order chi connectivity index (χ0) is 17.2. The summed E-state index contributed by atoms with van der Waals surface area (Å²) in [6.07, 6.45) is -4.39. The predicted octanol–water partition coefficient (Wildman–Crippen LogP) is 5.44. The summed E-state index contributed by atoms with van der Waals surface area (Å²) < 4.78 is 44.0. The van der Waals surface area contributed by atoms with E-state index in [1.54, 1.807) is 18.2 Å². The molecule has 3 rings (SSSR count). The number of benzene rings is 2. The first kappa shape index (κ1) is 16.1. The van der Waals surface area contributed by atoms with E-state index in [1.165, 1.54) is 13.2 Å². The second-order valence-corrected chi connectivity index (χ2v) is 5.23. The number of nitrogens with zero attached hydrogens (tertiary/aromatic N) is 1. The molecule has 0 N–H and O–H groups in total. The van der Waals surface area contributed by atoms with Gasteiger partial charge in [-0.3, -0.25) is 0 Å². The maximum atomic E-state index is 12.9. The van der Waals surface area contributed by atoms with Crippen LogP contribution in [-0.4, -0.2) is 12.1 Å². The standard InChI is InChI=1S/C19H14F3NO/c1-24-18-12-15(13-6-3-2-4-7-13)11-17(23-18)14-8-5-9-16(10-14)19(20,21)22/h2-12H,1H3. The Kier molecular flexibility index (Phi) is 4.25. The molecular formula is C19H14F3NO. The van der Waals surface area contributed by atoms with Gasteiger partial charge in [0.05, 0.1) is 18.4 Å². The molecule has 0 radical (unpaired) electrons. The van der Waals surface area contributed by atoms with Crippen LogP contribution >= 0.6 is 0 Å². The van der Waals surface area contributed by atoms with E-state index in [9.17, 15) is 13.2 Å². The molecule has 0 aliphatic carbocycles. The molecular weight excluding hydrogens is 315 g/mol. The molecule has 0 saturated carbocycles. The fourth-order valence-corrected chi connectivity index (χ4v) is 2.41. The Morgan fingerprint density at radius 1 is 0.792 bits per heavy atom. The number of rotatable bonds is 3. The summed E-state index contributed by atoms with van der Waals surface area (Å²) in [5.74, 6) is 0.351. The van der Waals surface area contributed by atoms with E-state index in [2.05, 4.69) is 4.98 Å². The Hall–Kier alpha value is -2.82. The first-order valence-electron chi connectivity index (χ1n) is 7.26. The molecule has 0 fully saturated rings. The van der Waals surface area contributed by atoms with Gasteiger partial charge in [-0.05, 0) is 29.3 Å². The number of hydrogen-bond donors (Lipinski definition) is 0. The molecule has 0 amide bonds. The van der Waals surface area contributed by atoms with Gasteiger partial charge in [-0.25, -0.2) is 4.98 Å². The van der Waals surface area contributed by atoms with Gasteiger partial charge in [-0.1, -0.05) is 42.5 Å². The van der Waals surface area contributed by atoms with Gasteiger partial charge in [0.25, 0.3) is 0 Å². The summed E-state index contributed by atoms with van der Waals surface area (Å²) in [7, 11) is 1.48.